The van der Waals surface area contributed by atoms with Gasteiger partial charge >= 0.3 is 0 Å². The molecule has 0 saturated heterocycles. The van der Waals surface area contributed by atoms with Crippen LogP contribution in [0.3, 0.4) is 0 Å². The van der Waals surface area contributed by atoms with Gasteiger partial charge in [0.2, 0.25) is 0 Å². The second-order valence-corrected chi connectivity index (χ2v) is 6.40. The van der Waals surface area contributed by atoms with Crippen LogP contribution >= 0.6 is 0 Å². The lowest BCUT2D eigenvalue weighted by Gasteiger charge is -2.33. The van der Waals surface area contributed by atoms with Crippen molar-refractivity contribution >= 4 is 0 Å². The Bertz CT molecular complexity index is 610. The van der Waals surface area contributed by atoms with Gasteiger partial charge in [-0.2, -0.15) is 5.10 Å². The van der Waals surface area contributed by atoms with Crippen molar-refractivity contribution in [3.05, 3.63) is 47.3 Å². The molecule has 0 aliphatic heterocycles. The van der Waals surface area contributed by atoms with Crippen LogP contribution in [0.1, 0.15) is 43.1 Å². The molecular weight excluding hydrogens is 234 g/mol. The smallest absolute Gasteiger partial charge is 0.0678 e. The van der Waals surface area contributed by atoms with E-state index >= 15 is 0 Å². The fraction of sp³-hybridized carbons (Fsp3) is 0.438. The third kappa shape index (κ3) is 2.08. The molecule has 0 saturated carbocycles. The molecule has 1 aromatic carbocycles. The van der Waals surface area contributed by atoms with Crippen LogP contribution in [0.25, 0.3) is 5.69 Å². The van der Waals surface area contributed by atoms with Crippen molar-refractivity contribution in [2.75, 3.05) is 0 Å². The van der Waals surface area contributed by atoms with Crippen molar-refractivity contribution in [2.45, 2.75) is 39.7 Å². The largest absolute Gasteiger partial charge is 0.324 e. The van der Waals surface area contributed by atoms with Gasteiger partial charge in [0.25, 0.3) is 0 Å². The molecule has 3 heteroatoms. The first-order chi connectivity index (χ1) is 8.98. The van der Waals surface area contributed by atoms with Crippen molar-refractivity contribution in [3.8, 4) is 5.69 Å². The summed E-state index contributed by atoms with van der Waals surface area (Å²) in [7, 11) is 0. The molecule has 1 atom stereocenters. The number of hydrogen-bond donors (Lipinski definition) is 1. The average Bonchev–Trinajstić information content (AvgIpc) is 2.72. The number of nitrogens with zero attached hydrogens (tertiary/aromatic N) is 2. The van der Waals surface area contributed by atoms with Crippen molar-refractivity contribution in [1.82, 2.24) is 9.78 Å². The molecule has 1 unspecified atom stereocenters. The monoisotopic (exact) mass is 255 g/mol. The summed E-state index contributed by atoms with van der Waals surface area (Å²) in [4.78, 5) is 0. The van der Waals surface area contributed by atoms with Crippen molar-refractivity contribution in [2.24, 2.45) is 11.1 Å². The molecule has 3 nitrogen and oxygen atoms in total. The minimum Gasteiger partial charge on any atom is -0.324 e. The Labute approximate surface area is 114 Å². The number of aryl methyl sites for hydroxylation is 1. The van der Waals surface area contributed by atoms with E-state index in [4.69, 9.17) is 5.73 Å². The highest BCUT2D eigenvalue weighted by atomic mass is 15.3. The lowest BCUT2D eigenvalue weighted by atomic mass is 9.74. The van der Waals surface area contributed by atoms with E-state index in [9.17, 15) is 0 Å². The van der Waals surface area contributed by atoms with E-state index in [2.05, 4.69) is 54.8 Å². The number of benzene rings is 1. The van der Waals surface area contributed by atoms with Crippen molar-refractivity contribution in [1.29, 1.82) is 0 Å². The van der Waals surface area contributed by atoms with E-state index in [0.717, 1.165) is 18.5 Å². The molecule has 1 aromatic heterocycles. The highest BCUT2D eigenvalue weighted by Crippen LogP contribution is 2.40. The fourth-order valence-electron chi connectivity index (χ4n) is 3.11. The lowest BCUT2D eigenvalue weighted by Crippen LogP contribution is -2.30. The normalized spacial score (nSPS) is 21.2. The van der Waals surface area contributed by atoms with E-state index in [1.165, 1.54) is 16.8 Å². The summed E-state index contributed by atoms with van der Waals surface area (Å²) in [6.07, 6.45) is 4.01. The van der Waals surface area contributed by atoms with Crippen LogP contribution in [0.2, 0.25) is 0 Å². The molecule has 0 amide bonds. The van der Waals surface area contributed by atoms with Crippen LogP contribution in [-0.4, -0.2) is 9.78 Å². The summed E-state index contributed by atoms with van der Waals surface area (Å²) < 4.78 is 2.07. The Balaban J connectivity index is 2.14. The molecule has 19 heavy (non-hydrogen) atoms. The summed E-state index contributed by atoms with van der Waals surface area (Å²) in [6, 6.07) is 8.47. The number of para-hydroxylation sites is 1. The van der Waals surface area contributed by atoms with Crippen LogP contribution < -0.4 is 5.73 Å². The molecule has 2 N–H and O–H groups in total. The van der Waals surface area contributed by atoms with E-state index in [-0.39, 0.29) is 11.5 Å². The number of hydrogen-bond acceptors (Lipinski definition) is 2. The van der Waals surface area contributed by atoms with Gasteiger partial charge in [-0.3, -0.25) is 0 Å². The van der Waals surface area contributed by atoms with Crippen molar-refractivity contribution < 1.29 is 0 Å². The third-order valence-corrected chi connectivity index (χ3v) is 4.06. The molecule has 2 aromatic rings. The summed E-state index contributed by atoms with van der Waals surface area (Å²) in [6.45, 7) is 6.69. The van der Waals surface area contributed by atoms with Gasteiger partial charge in [0.05, 0.1) is 11.9 Å². The average molecular weight is 255 g/mol. The van der Waals surface area contributed by atoms with E-state index < -0.39 is 0 Å². The third-order valence-electron chi connectivity index (χ3n) is 4.06. The summed E-state index contributed by atoms with van der Waals surface area (Å²) in [5, 5.41) is 4.58. The van der Waals surface area contributed by atoms with Gasteiger partial charge in [-0.15, -0.1) is 0 Å². The number of nitrogens with two attached hydrogens (primary N) is 1. The van der Waals surface area contributed by atoms with Crippen LogP contribution in [0, 0.1) is 12.3 Å². The van der Waals surface area contributed by atoms with Gasteiger partial charge in [0.1, 0.15) is 0 Å². The van der Waals surface area contributed by atoms with Gasteiger partial charge in [-0.1, -0.05) is 32.0 Å². The maximum atomic E-state index is 6.30. The minimum atomic E-state index is 0.108. The first-order valence-electron chi connectivity index (χ1n) is 6.86. The van der Waals surface area contributed by atoms with Gasteiger partial charge in [0.15, 0.2) is 0 Å². The fourth-order valence-corrected chi connectivity index (χ4v) is 3.11. The maximum absolute atomic E-state index is 6.30. The highest BCUT2D eigenvalue weighted by molar-refractivity contribution is 5.43. The predicted molar refractivity (Wildman–Crippen MR) is 77.3 cm³/mol. The number of fused-ring (bicyclic) bond motifs is 1. The topological polar surface area (TPSA) is 43.8 Å². The number of rotatable bonds is 1. The Morgan fingerprint density at radius 1 is 1.32 bits per heavy atom. The molecule has 0 radical (unpaired) electrons. The molecule has 1 aliphatic carbocycles. The first kappa shape index (κ1) is 12.4. The summed E-state index contributed by atoms with van der Waals surface area (Å²) >= 11 is 0. The predicted octanol–water partition coefficient (Wildman–Crippen LogP) is 3.15. The van der Waals surface area contributed by atoms with E-state index in [1.807, 2.05) is 6.20 Å². The van der Waals surface area contributed by atoms with Crippen LogP contribution in [0.4, 0.5) is 0 Å². The Morgan fingerprint density at radius 3 is 2.79 bits per heavy atom. The Kier molecular flexibility index (Phi) is 2.75. The highest BCUT2D eigenvalue weighted by Gasteiger charge is 2.33. The van der Waals surface area contributed by atoms with Crippen LogP contribution in [0.5, 0.6) is 0 Å². The molecule has 0 fully saturated rings. The first-order valence-corrected chi connectivity index (χ1v) is 6.86. The SMILES string of the molecule is Cc1ccccc1-n1ncc2c1CC(C)(C)CC2N. The molecule has 100 valence electrons. The molecule has 1 heterocycles. The molecule has 0 bridgehead atoms. The van der Waals surface area contributed by atoms with Gasteiger partial charge in [-0.25, -0.2) is 4.68 Å². The summed E-state index contributed by atoms with van der Waals surface area (Å²) in [5.74, 6) is 0. The zero-order valence-electron chi connectivity index (χ0n) is 11.9. The van der Waals surface area contributed by atoms with Crippen molar-refractivity contribution in [3.63, 3.8) is 0 Å². The van der Waals surface area contributed by atoms with E-state index in [0.29, 0.717) is 0 Å². The second-order valence-electron chi connectivity index (χ2n) is 6.40. The number of aromatic nitrogens is 2. The Hall–Kier alpha value is -1.61. The second kappa shape index (κ2) is 4.20. The van der Waals surface area contributed by atoms with Crippen LogP contribution in [-0.2, 0) is 6.42 Å². The standard InChI is InChI=1S/C16H21N3/c1-11-6-4-5-7-14(11)19-15-9-16(2,3)8-13(17)12(15)10-18-19/h4-7,10,13H,8-9,17H2,1-3H3. The Morgan fingerprint density at radius 2 is 2.05 bits per heavy atom. The minimum absolute atomic E-state index is 0.108. The van der Waals surface area contributed by atoms with Gasteiger partial charge < -0.3 is 5.73 Å². The molecule has 1 aliphatic rings. The zero-order chi connectivity index (χ0) is 13.6. The quantitative estimate of drug-likeness (QED) is 0.850. The van der Waals surface area contributed by atoms with Gasteiger partial charge in [0, 0.05) is 17.3 Å². The lowest BCUT2D eigenvalue weighted by molar-refractivity contribution is 0.278. The molecule has 3 rings (SSSR count). The van der Waals surface area contributed by atoms with Crippen LogP contribution in [0.15, 0.2) is 30.5 Å². The zero-order valence-corrected chi connectivity index (χ0v) is 11.9. The van der Waals surface area contributed by atoms with Gasteiger partial charge in [-0.05, 0) is 36.8 Å². The molecular formula is C16H21N3. The summed E-state index contributed by atoms with van der Waals surface area (Å²) in [5.41, 5.74) is 11.4. The maximum Gasteiger partial charge on any atom is 0.0678 e. The molecule has 0 spiro atoms. The van der Waals surface area contributed by atoms with E-state index in [1.54, 1.807) is 0 Å².